The van der Waals surface area contributed by atoms with Crippen molar-refractivity contribution < 1.29 is 9.53 Å². The third kappa shape index (κ3) is 3.90. The number of piperidine rings is 1. The maximum Gasteiger partial charge on any atom is 0.274 e. The van der Waals surface area contributed by atoms with E-state index in [1.807, 2.05) is 6.92 Å². The van der Waals surface area contributed by atoms with Gasteiger partial charge in [0.15, 0.2) is 5.65 Å². The number of anilines is 1. The van der Waals surface area contributed by atoms with Crippen molar-refractivity contribution in [3.8, 4) is 5.88 Å². The number of aryl methyl sites for hydroxylation is 1. The number of amides is 1. The molecule has 0 spiro atoms. The van der Waals surface area contributed by atoms with E-state index in [0.717, 1.165) is 31.5 Å². The highest BCUT2D eigenvalue weighted by Crippen LogP contribution is 2.20. The second-order valence-corrected chi connectivity index (χ2v) is 6.87. The monoisotopic (exact) mass is 366 g/mol. The molecule has 1 aliphatic rings. The zero-order chi connectivity index (χ0) is 18.8. The lowest BCUT2D eigenvalue weighted by atomic mass is 10.1. The number of likely N-dealkylation sites (tertiary alicyclic amines) is 1. The third-order valence-corrected chi connectivity index (χ3v) is 4.72. The molecule has 0 saturated carbocycles. The molecule has 3 aromatic rings. The Morgan fingerprint density at radius 2 is 2.11 bits per heavy atom. The molecular weight excluding hydrogens is 344 g/mol. The van der Waals surface area contributed by atoms with E-state index < -0.39 is 0 Å². The van der Waals surface area contributed by atoms with Crippen LogP contribution < -0.4 is 10.1 Å². The Bertz CT molecular complexity index is 962. The molecule has 140 valence electrons. The maximum atomic E-state index is 12.6. The van der Waals surface area contributed by atoms with Gasteiger partial charge in [0.05, 0.1) is 6.20 Å². The predicted molar refractivity (Wildman–Crippen MR) is 101 cm³/mol. The number of nitrogens with zero attached hydrogens (tertiary/aromatic N) is 5. The van der Waals surface area contributed by atoms with Crippen LogP contribution in [0.3, 0.4) is 0 Å². The Hall–Kier alpha value is -3.00. The SMILES string of the molecule is Cc1cnn2ccc(C(=O)Nc3ccnc(OC4CCN(C)CC4)c3)nc12. The van der Waals surface area contributed by atoms with E-state index in [0.29, 0.717) is 22.9 Å². The van der Waals surface area contributed by atoms with Crippen LogP contribution in [0.4, 0.5) is 5.69 Å². The lowest BCUT2D eigenvalue weighted by molar-refractivity contribution is 0.102. The standard InChI is InChI=1S/C19H22N6O2/c1-13-12-21-25-10-6-16(23-18(13)25)19(26)22-14-3-7-20-17(11-14)27-15-4-8-24(2)9-5-15/h3,6-7,10-12,15H,4-5,8-9H2,1-2H3,(H,20,22,26). The fourth-order valence-electron chi connectivity index (χ4n) is 3.13. The number of ether oxygens (including phenoxy) is 1. The van der Waals surface area contributed by atoms with Gasteiger partial charge in [-0.05, 0) is 38.9 Å². The second-order valence-electron chi connectivity index (χ2n) is 6.87. The lowest BCUT2D eigenvalue weighted by Gasteiger charge is -2.28. The molecule has 8 heteroatoms. The van der Waals surface area contributed by atoms with E-state index >= 15 is 0 Å². The minimum Gasteiger partial charge on any atom is -0.474 e. The van der Waals surface area contributed by atoms with Crippen LogP contribution in [0.5, 0.6) is 5.88 Å². The summed E-state index contributed by atoms with van der Waals surface area (Å²) in [4.78, 5) is 23.5. The molecule has 27 heavy (non-hydrogen) atoms. The molecule has 0 aromatic carbocycles. The summed E-state index contributed by atoms with van der Waals surface area (Å²) in [6.45, 7) is 3.94. The molecule has 1 N–H and O–H groups in total. The summed E-state index contributed by atoms with van der Waals surface area (Å²) >= 11 is 0. The highest BCUT2D eigenvalue weighted by molar-refractivity contribution is 6.03. The van der Waals surface area contributed by atoms with Crippen molar-refractivity contribution in [2.75, 3.05) is 25.5 Å². The van der Waals surface area contributed by atoms with E-state index in [1.54, 1.807) is 41.3 Å². The van der Waals surface area contributed by atoms with Crippen LogP contribution in [0.2, 0.25) is 0 Å². The number of hydrogen-bond donors (Lipinski definition) is 1. The average Bonchev–Trinajstić information content (AvgIpc) is 3.04. The summed E-state index contributed by atoms with van der Waals surface area (Å²) in [6, 6.07) is 5.13. The number of aromatic nitrogens is 4. The molecule has 4 heterocycles. The van der Waals surface area contributed by atoms with Gasteiger partial charge in [-0.15, -0.1) is 0 Å². The van der Waals surface area contributed by atoms with E-state index in [9.17, 15) is 4.79 Å². The Morgan fingerprint density at radius 1 is 1.30 bits per heavy atom. The van der Waals surface area contributed by atoms with E-state index in [4.69, 9.17) is 4.74 Å². The first-order chi connectivity index (χ1) is 13.1. The van der Waals surface area contributed by atoms with Crippen LogP contribution in [0, 0.1) is 6.92 Å². The summed E-state index contributed by atoms with van der Waals surface area (Å²) in [6.07, 6.45) is 7.20. The average molecular weight is 366 g/mol. The summed E-state index contributed by atoms with van der Waals surface area (Å²) < 4.78 is 7.62. The zero-order valence-electron chi connectivity index (χ0n) is 15.4. The Balaban J connectivity index is 1.45. The molecule has 0 aliphatic carbocycles. The minimum atomic E-state index is -0.283. The molecule has 0 atom stereocenters. The Morgan fingerprint density at radius 3 is 2.93 bits per heavy atom. The largest absolute Gasteiger partial charge is 0.474 e. The first-order valence-electron chi connectivity index (χ1n) is 9.02. The van der Waals surface area contributed by atoms with Crippen molar-refractivity contribution in [2.24, 2.45) is 0 Å². The van der Waals surface area contributed by atoms with E-state index in [2.05, 4.69) is 32.3 Å². The lowest BCUT2D eigenvalue weighted by Crippen LogP contribution is -2.35. The fraction of sp³-hybridized carbons (Fsp3) is 0.368. The molecule has 4 rings (SSSR count). The van der Waals surface area contributed by atoms with Gasteiger partial charge in [-0.25, -0.2) is 14.5 Å². The normalized spacial score (nSPS) is 15.8. The molecule has 0 radical (unpaired) electrons. The number of carbonyl (C=O) groups is 1. The van der Waals surface area contributed by atoms with Gasteiger partial charge in [-0.3, -0.25) is 4.79 Å². The zero-order valence-corrected chi connectivity index (χ0v) is 15.4. The number of fused-ring (bicyclic) bond motifs is 1. The van der Waals surface area contributed by atoms with Gasteiger partial charge in [0, 0.05) is 42.8 Å². The second kappa shape index (κ2) is 7.32. The number of hydrogen-bond acceptors (Lipinski definition) is 6. The fourth-order valence-corrected chi connectivity index (χ4v) is 3.13. The molecular formula is C19H22N6O2. The maximum absolute atomic E-state index is 12.6. The van der Waals surface area contributed by atoms with Crippen molar-refractivity contribution in [3.05, 3.63) is 48.0 Å². The predicted octanol–water partition coefficient (Wildman–Crippen LogP) is 2.16. The topological polar surface area (TPSA) is 84.7 Å². The van der Waals surface area contributed by atoms with Gasteiger partial charge in [0.25, 0.3) is 5.91 Å². The van der Waals surface area contributed by atoms with Crippen LogP contribution in [0.1, 0.15) is 28.9 Å². The molecule has 1 fully saturated rings. The quantitative estimate of drug-likeness (QED) is 0.762. The van der Waals surface area contributed by atoms with Crippen LogP contribution >= 0.6 is 0 Å². The van der Waals surface area contributed by atoms with E-state index in [1.165, 1.54) is 0 Å². The summed E-state index contributed by atoms with van der Waals surface area (Å²) in [5.74, 6) is 0.243. The highest BCUT2D eigenvalue weighted by Gasteiger charge is 2.19. The number of carbonyl (C=O) groups excluding carboxylic acids is 1. The van der Waals surface area contributed by atoms with E-state index in [-0.39, 0.29) is 12.0 Å². The first kappa shape index (κ1) is 17.4. The molecule has 8 nitrogen and oxygen atoms in total. The van der Waals surface area contributed by atoms with Crippen molar-refractivity contribution in [2.45, 2.75) is 25.9 Å². The van der Waals surface area contributed by atoms with Gasteiger partial charge >= 0.3 is 0 Å². The van der Waals surface area contributed by atoms with Gasteiger partial charge in [0.1, 0.15) is 11.8 Å². The van der Waals surface area contributed by atoms with Gasteiger partial charge < -0.3 is 15.0 Å². The van der Waals surface area contributed by atoms with Gasteiger partial charge in [-0.1, -0.05) is 0 Å². The summed E-state index contributed by atoms with van der Waals surface area (Å²) in [7, 11) is 2.11. The van der Waals surface area contributed by atoms with Crippen molar-refractivity contribution in [1.82, 2.24) is 24.5 Å². The minimum absolute atomic E-state index is 0.161. The van der Waals surface area contributed by atoms with Crippen LogP contribution in [0.25, 0.3) is 5.65 Å². The van der Waals surface area contributed by atoms with Gasteiger partial charge in [0.2, 0.25) is 5.88 Å². The Kier molecular flexibility index (Phi) is 4.72. The van der Waals surface area contributed by atoms with Crippen LogP contribution in [-0.2, 0) is 0 Å². The number of rotatable bonds is 4. The van der Waals surface area contributed by atoms with Crippen LogP contribution in [0.15, 0.2) is 36.8 Å². The van der Waals surface area contributed by atoms with Crippen LogP contribution in [-0.4, -0.2) is 56.6 Å². The van der Waals surface area contributed by atoms with Crippen molar-refractivity contribution >= 4 is 17.2 Å². The smallest absolute Gasteiger partial charge is 0.274 e. The molecule has 0 unspecified atom stereocenters. The summed E-state index contributed by atoms with van der Waals surface area (Å²) in [5.41, 5.74) is 2.55. The third-order valence-electron chi connectivity index (χ3n) is 4.72. The molecule has 1 amide bonds. The summed E-state index contributed by atoms with van der Waals surface area (Å²) in [5, 5.41) is 7.03. The molecule has 1 aliphatic heterocycles. The molecule has 0 bridgehead atoms. The molecule has 1 saturated heterocycles. The molecule has 3 aromatic heterocycles. The number of pyridine rings is 1. The highest BCUT2D eigenvalue weighted by atomic mass is 16.5. The first-order valence-corrected chi connectivity index (χ1v) is 9.02. The van der Waals surface area contributed by atoms with Crippen molar-refractivity contribution in [1.29, 1.82) is 0 Å². The number of nitrogens with one attached hydrogen (secondary N) is 1. The van der Waals surface area contributed by atoms with Crippen molar-refractivity contribution in [3.63, 3.8) is 0 Å². The van der Waals surface area contributed by atoms with Gasteiger partial charge in [-0.2, -0.15) is 5.10 Å². The Labute approximate surface area is 157 Å².